The van der Waals surface area contributed by atoms with Crippen LogP contribution in [0.25, 0.3) is 0 Å². The minimum absolute atomic E-state index is 0.126. The van der Waals surface area contributed by atoms with Crippen molar-refractivity contribution in [2.75, 3.05) is 19.7 Å². The molecule has 0 saturated heterocycles. The van der Waals surface area contributed by atoms with E-state index in [1.807, 2.05) is 0 Å². The molecular formula is C11H22F3NO. The fourth-order valence-corrected chi connectivity index (χ4v) is 1.66. The first-order valence-electron chi connectivity index (χ1n) is 5.88. The SMILES string of the molecule is CCCC(CCO)CNCCCC(F)(F)F. The molecule has 2 nitrogen and oxygen atoms in total. The van der Waals surface area contributed by atoms with E-state index in [0.29, 0.717) is 19.0 Å². The standard InChI is InChI=1S/C11H22F3NO/c1-2-4-10(5-8-16)9-15-7-3-6-11(12,13)14/h10,15-16H,2-9H2,1H3. The smallest absolute Gasteiger partial charge is 0.389 e. The Hall–Kier alpha value is -0.290. The summed E-state index contributed by atoms with van der Waals surface area (Å²) in [7, 11) is 0. The second kappa shape index (κ2) is 8.82. The quantitative estimate of drug-likeness (QED) is 0.608. The van der Waals surface area contributed by atoms with Crippen molar-refractivity contribution in [2.45, 2.75) is 45.2 Å². The van der Waals surface area contributed by atoms with E-state index in [1.54, 1.807) is 0 Å². The van der Waals surface area contributed by atoms with Crippen molar-refractivity contribution in [1.82, 2.24) is 5.32 Å². The van der Waals surface area contributed by atoms with Crippen LogP contribution in [0.4, 0.5) is 13.2 Å². The monoisotopic (exact) mass is 241 g/mol. The van der Waals surface area contributed by atoms with E-state index in [0.717, 1.165) is 19.3 Å². The molecule has 0 spiro atoms. The Bertz CT molecular complexity index is 156. The molecular weight excluding hydrogens is 219 g/mol. The normalized spacial score (nSPS) is 14.1. The summed E-state index contributed by atoms with van der Waals surface area (Å²) < 4.78 is 35.5. The first kappa shape index (κ1) is 15.7. The van der Waals surface area contributed by atoms with E-state index in [9.17, 15) is 13.2 Å². The number of rotatable bonds is 9. The van der Waals surface area contributed by atoms with Gasteiger partial charge in [-0.1, -0.05) is 13.3 Å². The minimum Gasteiger partial charge on any atom is -0.396 e. The number of hydrogen-bond donors (Lipinski definition) is 2. The van der Waals surface area contributed by atoms with E-state index in [-0.39, 0.29) is 13.0 Å². The molecule has 16 heavy (non-hydrogen) atoms. The van der Waals surface area contributed by atoms with Crippen molar-refractivity contribution in [2.24, 2.45) is 5.92 Å². The van der Waals surface area contributed by atoms with E-state index in [1.165, 1.54) is 0 Å². The third-order valence-corrected chi connectivity index (χ3v) is 2.48. The average molecular weight is 241 g/mol. The molecule has 0 bridgehead atoms. The molecule has 98 valence electrons. The summed E-state index contributed by atoms with van der Waals surface area (Å²) in [6.07, 6.45) is -1.88. The minimum atomic E-state index is -4.05. The molecule has 0 amide bonds. The van der Waals surface area contributed by atoms with Gasteiger partial charge in [0.1, 0.15) is 0 Å². The van der Waals surface area contributed by atoms with Crippen molar-refractivity contribution in [3.05, 3.63) is 0 Å². The van der Waals surface area contributed by atoms with Crippen LogP contribution in [0.1, 0.15) is 39.0 Å². The molecule has 5 heteroatoms. The van der Waals surface area contributed by atoms with Gasteiger partial charge in [0.05, 0.1) is 0 Å². The summed E-state index contributed by atoms with van der Waals surface area (Å²) in [6, 6.07) is 0. The molecule has 0 aliphatic carbocycles. The molecule has 0 rings (SSSR count). The van der Waals surface area contributed by atoms with Crippen molar-refractivity contribution in [3.63, 3.8) is 0 Å². The zero-order valence-corrected chi connectivity index (χ0v) is 9.82. The molecule has 0 aliphatic rings. The maximum absolute atomic E-state index is 11.8. The third-order valence-electron chi connectivity index (χ3n) is 2.48. The fraction of sp³-hybridized carbons (Fsp3) is 1.00. The van der Waals surface area contributed by atoms with Crippen LogP contribution in [-0.4, -0.2) is 31.0 Å². The van der Waals surface area contributed by atoms with Crippen LogP contribution in [0.2, 0.25) is 0 Å². The fourth-order valence-electron chi connectivity index (χ4n) is 1.66. The summed E-state index contributed by atoms with van der Waals surface area (Å²) in [4.78, 5) is 0. The van der Waals surface area contributed by atoms with Crippen molar-refractivity contribution < 1.29 is 18.3 Å². The van der Waals surface area contributed by atoms with Gasteiger partial charge in [-0.25, -0.2) is 0 Å². The van der Waals surface area contributed by atoms with Gasteiger partial charge in [0.15, 0.2) is 0 Å². The highest BCUT2D eigenvalue weighted by molar-refractivity contribution is 4.62. The molecule has 1 unspecified atom stereocenters. The molecule has 1 atom stereocenters. The van der Waals surface area contributed by atoms with Gasteiger partial charge in [0, 0.05) is 13.0 Å². The van der Waals surface area contributed by atoms with Crippen LogP contribution >= 0.6 is 0 Å². The van der Waals surface area contributed by atoms with Crippen LogP contribution in [0.3, 0.4) is 0 Å². The highest BCUT2D eigenvalue weighted by Gasteiger charge is 2.25. The lowest BCUT2D eigenvalue weighted by Gasteiger charge is -2.15. The van der Waals surface area contributed by atoms with Gasteiger partial charge >= 0.3 is 6.18 Å². The van der Waals surface area contributed by atoms with Gasteiger partial charge in [0.2, 0.25) is 0 Å². The number of hydrogen-bond acceptors (Lipinski definition) is 2. The number of aliphatic hydroxyl groups is 1. The second-order valence-electron chi connectivity index (χ2n) is 4.09. The molecule has 0 fully saturated rings. The molecule has 0 aromatic carbocycles. The summed E-state index contributed by atoms with van der Waals surface area (Å²) in [6.45, 7) is 3.31. The van der Waals surface area contributed by atoms with Gasteiger partial charge in [-0.2, -0.15) is 13.2 Å². The molecule has 0 aromatic heterocycles. The summed E-state index contributed by atoms with van der Waals surface area (Å²) >= 11 is 0. The largest absolute Gasteiger partial charge is 0.396 e. The van der Waals surface area contributed by atoms with Crippen molar-refractivity contribution in [1.29, 1.82) is 0 Å². The van der Waals surface area contributed by atoms with Gasteiger partial charge < -0.3 is 10.4 Å². The molecule has 0 aliphatic heterocycles. The Morgan fingerprint density at radius 2 is 1.94 bits per heavy atom. The first-order valence-corrected chi connectivity index (χ1v) is 5.88. The molecule has 0 heterocycles. The number of nitrogens with one attached hydrogen (secondary N) is 1. The lowest BCUT2D eigenvalue weighted by Crippen LogP contribution is -2.25. The zero-order valence-electron chi connectivity index (χ0n) is 9.82. The topological polar surface area (TPSA) is 32.3 Å². The third kappa shape index (κ3) is 10.2. The molecule has 0 radical (unpaired) electrons. The first-order chi connectivity index (χ1) is 7.49. The Morgan fingerprint density at radius 3 is 2.44 bits per heavy atom. The van der Waals surface area contributed by atoms with Crippen LogP contribution in [0, 0.1) is 5.92 Å². The molecule has 0 saturated carbocycles. The van der Waals surface area contributed by atoms with Crippen LogP contribution in [0.5, 0.6) is 0 Å². The number of alkyl halides is 3. The summed E-state index contributed by atoms with van der Waals surface area (Å²) in [5, 5.41) is 11.8. The predicted octanol–water partition coefficient (Wildman–Crippen LogP) is 2.72. The van der Waals surface area contributed by atoms with Crippen molar-refractivity contribution >= 4 is 0 Å². The van der Waals surface area contributed by atoms with E-state index in [4.69, 9.17) is 5.11 Å². The Morgan fingerprint density at radius 1 is 1.25 bits per heavy atom. The highest BCUT2D eigenvalue weighted by atomic mass is 19.4. The second-order valence-corrected chi connectivity index (χ2v) is 4.09. The maximum Gasteiger partial charge on any atom is 0.389 e. The molecule has 0 aromatic rings. The van der Waals surface area contributed by atoms with Crippen LogP contribution in [0.15, 0.2) is 0 Å². The van der Waals surface area contributed by atoms with Gasteiger partial charge in [-0.3, -0.25) is 0 Å². The Balaban J connectivity index is 3.46. The Labute approximate surface area is 95.2 Å². The van der Waals surface area contributed by atoms with E-state index < -0.39 is 12.6 Å². The van der Waals surface area contributed by atoms with Gasteiger partial charge in [-0.05, 0) is 38.3 Å². The van der Waals surface area contributed by atoms with Crippen molar-refractivity contribution in [3.8, 4) is 0 Å². The van der Waals surface area contributed by atoms with Crippen LogP contribution in [-0.2, 0) is 0 Å². The summed E-state index contributed by atoms with van der Waals surface area (Å²) in [5.41, 5.74) is 0. The van der Waals surface area contributed by atoms with E-state index in [2.05, 4.69) is 12.2 Å². The van der Waals surface area contributed by atoms with Gasteiger partial charge in [0.25, 0.3) is 0 Å². The number of aliphatic hydroxyl groups excluding tert-OH is 1. The lowest BCUT2D eigenvalue weighted by molar-refractivity contribution is -0.135. The Kier molecular flexibility index (Phi) is 8.66. The zero-order chi connectivity index (χ0) is 12.4. The average Bonchev–Trinajstić information content (AvgIpc) is 2.16. The lowest BCUT2D eigenvalue weighted by atomic mass is 10.0. The molecule has 2 N–H and O–H groups in total. The maximum atomic E-state index is 11.8. The van der Waals surface area contributed by atoms with Crippen LogP contribution < -0.4 is 5.32 Å². The van der Waals surface area contributed by atoms with E-state index >= 15 is 0 Å². The summed E-state index contributed by atoms with van der Waals surface area (Å²) in [5.74, 6) is 0.376. The predicted molar refractivity (Wildman–Crippen MR) is 58.3 cm³/mol. The number of halogens is 3. The highest BCUT2D eigenvalue weighted by Crippen LogP contribution is 2.20. The van der Waals surface area contributed by atoms with Gasteiger partial charge in [-0.15, -0.1) is 0 Å².